The molecule has 0 saturated carbocycles. The van der Waals surface area contributed by atoms with Crippen LogP contribution in [0.2, 0.25) is 0 Å². The first kappa shape index (κ1) is 9.06. The molecular weight excluding hydrogens is 172 g/mol. The minimum atomic E-state index is 0.000556. The number of carbonyl (C=O) groups is 1. The van der Waals surface area contributed by atoms with Gasteiger partial charge in [-0.2, -0.15) is 0 Å². The largest absolute Gasteiger partial charge is 0.375 e. The number of aryl methyl sites for hydroxylation is 1. The highest BCUT2D eigenvalue weighted by Crippen LogP contribution is 2.18. The Morgan fingerprint density at radius 1 is 1.58 bits per heavy atom. The van der Waals surface area contributed by atoms with Crippen LogP contribution >= 0.6 is 11.3 Å². The third kappa shape index (κ3) is 2.23. The quantitative estimate of drug-likeness (QED) is 0.741. The third-order valence-electron chi connectivity index (χ3n) is 1.57. The van der Waals surface area contributed by atoms with Crippen LogP contribution in [0.1, 0.15) is 5.56 Å². The minimum absolute atomic E-state index is 0.000556. The van der Waals surface area contributed by atoms with Crippen molar-refractivity contribution in [3.8, 4) is 0 Å². The molecule has 0 spiro atoms. The van der Waals surface area contributed by atoms with Crippen molar-refractivity contribution in [2.24, 2.45) is 0 Å². The molecule has 0 fully saturated rings. The average molecular weight is 184 g/mol. The maximum atomic E-state index is 10.8. The highest BCUT2D eigenvalue weighted by Gasteiger charge is 2.00. The Hall–Kier alpha value is -1.03. The first-order valence-electron chi connectivity index (χ1n) is 3.71. The minimum Gasteiger partial charge on any atom is -0.375 e. The first-order chi connectivity index (χ1) is 5.74. The third-order valence-corrected chi connectivity index (χ3v) is 2.44. The predicted molar refractivity (Wildman–Crippen MR) is 51.6 cm³/mol. The van der Waals surface area contributed by atoms with E-state index in [0.29, 0.717) is 6.54 Å². The molecule has 1 aromatic rings. The van der Waals surface area contributed by atoms with Crippen molar-refractivity contribution in [3.05, 3.63) is 16.3 Å². The van der Waals surface area contributed by atoms with E-state index in [0.717, 1.165) is 5.69 Å². The lowest BCUT2D eigenvalue weighted by Crippen LogP contribution is -2.26. The van der Waals surface area contributed by atoms with Gasteiger partial charge in [0.2, 0.25) is 5.91 Å². The molecule has 0 saturated heterocycles. The molecule has 1 amide bonds. The fourth-order valence-electron chi connectivity index (χ4n) is 0.806. The number of carbonyl (C=O) groups excluding carboxylic acids is 1. The van der Waals surface area contributed by atoms with Crippen molar-refractivity contribution in [1.82, 2.24) is 5.32 Å². The van der Waals surface area contributed by atoms with E-state index in [2.05, 4.69) is 10.6 Å². The summed E-state index contributed by atoms with van der Waals surface area (Å²) in [6.45, 7) is 2.36. The van der Waals surface area contributed by atoms with Crippen molar-refractivity contribution in [3.63, 3.8) is 0 Å². The number of rotatable bonds is 3. The lowest BCUT2D eigenvalue weighted by molar-refractivity contribution is -0.118. The van der Waals surface area contributed by atoms with E-state index in [-0.39, 0.29) is 5.91 Å². The van der Waals surface area contributed by atoms with E-state index in [1.807, 2.05) is 17.7 Å². The lowest BCUT2D eigenvalue weighted by Gasteiger charge is -2.03. The molecule has 1 aromatic heterocycles. The number of likely N-dealkylation sites (N-methyl/N-ethyl adjacent to an activating group) is 1. The molecule has 0 aliphatic rings. The number of thiophene rings is 1. The molecule has 1 heterocycles. The van der Waals surface area contributed by atoms with Gasteiger partial charge in [-0.15, -0.1) is 11.3 Å². The summed E-state index contributed by atoms with van der Waals surface area (Å²) in [5.74, 6) is 0.000556. The molecule has 0 aromatic carbocycles. The highest BCUT2D eigenvalue weighted by molar-refractivity contribution is 7.08. The fourth-order valence-corrected chi connectivity index (χ4v) is 1.61. The molecule has 0 aliphatic carbocycles. The first-order valence-corrected chi connectivity index (χ1v) is 4.65. The number of amides is 1. The van der Waals surface area contributed by atoms with Gasteiger partial charge < -0.3 is 10.6 Å². The normalized spacial score (nSPS) is 9.50. The van der Waals surface area contributed by atoms with Gasteiger partial charge in [-0.05, 0) is 17.9 Å². The zero-order valence-electron chi connectivity index (χ0n) is 7.18. The van der Waals surface area contributed by atoms with Crippen molar-refractivity contribution in [1.29, 1.82) is 0 Å². The SMILES string of the molecule is CNC(=O)CNc1cscc1C. The molecule has 3 nitrogen and oxygen atoms in total. The summed E-state index contributed by atoms with van der Waals surface area (Å²) >= 11 is 1.63. The summed E-state index contributed by atoms with van der Waals surface area (Å²) in [5, 5.41) is 9.64. The summed E-state index contributed by atoms with van der Waals surface area (Å²) in [5.41, 5.74) is 2.23. The molecular formula is C8H12N2OS. The zero-order valence-corrected chi connectivity index (χ0v) is 7.99. The van der Waals surface area contributed by atoms with Crippen LogP contribution < -0.4 is 10.6 Å². The van der Waals surface area contributed by atoms with Crippen LogP contribution in [-0.4, -0.2) is 19.5 Å². The summed E-state index contributed by atoms with van der Waals surface area (Å²) in [4.78, 5) is 10.8. The van der Waals surface area contributed by atoms with E-state index < -0.39 is 0 Å². The Morgan fingerprint density at radius 3 is 2.83 bits per heavy atom. The van der Waals surface area contributed by atoms with Crippen LogP contribution in [0.4, 0.5) is 5.69 Å². The Morgan fingerprint density at radius 2 is 2.33 bits per heavy atom. The monoisotopic (exact) mass is 184 g/mol. The average Bonchev–Trinajstić information content (AvgIpc) is 2.47. The summed E-state index contributed by atoms with van der Waals surface area (Å²) in [6.07, 6.45) is 0. The van der Waals surface area contributed by atoms with Gasteiger partial charge in [0.15, 0.2) is 0 Å². The van der Waals surface area contributed by atoms with E-state index in [9.17, 15) is 4.79 Å². The van der Waals surface area contributed by atoms with Crippen LogP contribution in [-0.2, 0) is 4.79 Å². The van der Waals surface area contributed by atoms with Gasteiger partial charge in [-0.3, -0.25) is 4.79 Å². The number of nitrogens with one attached hydrogen (secondary N) is 2. The second-order valence-electron chi connectivity index (χ2n) is 2.50. The van der Waals surface area contributed by atoms with Crippen molar-refractivity contribution in [2.45, 2.75) is 6.92 Å². The Bertz CT molecular complexity index is 270. The Balaban J connectivity index is 2.43. The molecule has 1 rings (SSSR count). The van der Waals surface area contributed by atoms with Crippen LogP contribution in [0.5, 0.6) is 0 Å². The van der Waals surface area contributed by atoms with Crippen LogP contribution in [0.3, 0.4) is 0 Å². The zero-order chi connectivity index (χ0) is 8.97. The molecule has 2 N–H and O–H groups in total. The van der Waals surface area contributed by atoms with Gasteiger partial charge in [0, 0.05) is 18.1 Å². The number of anilines is 1. The molecule has 0 atom stereocenters. The number of hydrogen-bond donors (Lipinski definition) is 2. The summed E-state index contributed by atoms with van der Waals surface area (Å²) in [7, 11) is 1.63. The van der Waals surface area contributed by atoms with Gasteiger partial charge in [-0.1, -0.05) is 0 Å². The topological polar surface area (TPSA) is 41.1 Å². The molecule has 0 unspecified atom stereocenters. The molecule has 4 heteroatoms. The predicted octanol–water partition coefficient (Wildman–Crippen LogP) is 1.21. The fraction of sp³-hybridized carbons (Fsp3) is 0.375. The van der Waals surface area contributed by atoms with Gasteiger partial charge >= 0.3 is 0 Å². The maximum absolute atomic E-state index is 10.8. The van der Waals surface area contributed by atoms with Gasteiger partial charge in [0.1, 0.15) is 0 Å². The van der Waals surface area contributed by atoms with Crippen molar-refractivity contribution >= 4 is 22.9 Å². The van der Waals surface area contributed by atoms with Crippen LogP contribution in [0.25, 0.3) is 0 Å². The van der Waals surface area contributed by atoms with Crippen LogP contribution in [0.15, 0.2) is 10.8 Å². The summed E-state index contributed by atoms with van der Waals surface area (Å²) < 4.78 is 0. The van der Waals surface area contributed by atoms with Crippen molar-refractivity contribution < 1.29 is 4.79 Å². The smallest absolute Gasteiger partial charge is 0.239 e. The van der Waals surface area contributed by atoms with E-state index in [4.69, 9.17) is 0 Å². The second-order valence-corrected chi connectivity index (χ2v) is 3.24. The lowest BCUT2D eigenvalue weighted by atomic mass is 10.3. The Kier molecular flexibility index (Phi) is 3.10. The number of hydrogen-bond acceptors (Lipinski definition) is 3. The van der Waals surface area contributed by atoms with E-state index in [1.54, 1.807) is 18.4 Å². The molecule has 0 bridgehead atoms. The van der Waals surface area contributed by atoms with Gasteiger partial charge in [0.05, 0.1) is 6.54 Å². The maximum Gasteiger partial charge on any atom is 0.239 e. The van der Waals surface area contributed by atoms with Gasteiger partial charge in [-0.25, -0.2) is 0 Å². The van der Waals surface area contributed by atoms with Crippen molar-refractivity contribution in [2.75, 3.05) is 18.9 Å². The van der Waals surface area contributed by atoms with E-state index in [1.165, 1.54) is 5.56 Å². The summed E-state index contributed by atoms with van der Waals surface area (Å²) in [6, 6.07) is 0. The van der Waals surface area contributed by atoms with E-state index >= 15 is 0 Å². The molecule has 0 aliphatic heterocycles. The molecule has 0 radical (unpaired) electrons. The van der Waals surface area contributed by atoms with Gasteiger partial charge in [0.25, 0.3) is 0 Å². The standard InChI is InChI=1S/C8H12N2OS/c1-6-4-12-5-7(6)10-3-8(11)9-2/h4-5,10H,3H2,1-2H3,(H,9,11). The highest BCUT2D eigenvalue weighted by atomic mass is 32.1. The molecule has 12 heavy (non-hydrogen) atoms. The second kappa shape index (κ2) is 4.11. The van der Waals surface area contributed by atoms with Crippen LogP contribution in [0, 0.1) is 6.92 Å². The Labute approximate surface area is 75.8 Å². The molecule has 66 valence electrons.